The molecule has 1 fully saturated rings. The van der Waals surface area contributed by atoms with E-state index >= 15 is 0 Å². The molecule has 0 atom stereocenters. The molecule has 1 amide bonds. The van der Waals surface area contributed by atoms with Crippen molar-refractivity contribution in [2.45, 2.75) is 6.18 Å². The molecule has 2 aromatic rings. The summed E-state index contributed by atoms with van der Waals surface area (Å²) in [7, 11) is 0. The zero-order chi connectivity index (χ0) is 15.0. The minimum absolute atomic E-state index is 0. The fourth-order valence-electron chi connectivity index (χ4n) is 2.54. The predicted molar refractivity (Wildman–Crippen MR) is 78.2 cm³/mol. The van der Waals surface area contributed by atoms with Gasteiger partial charge in [0.15, 0.2) is 5.82 Å². The van der Waals surface area contributed by atoms with Gasteiger partial charge in [0.1, 0.15) is 0 Å². The van der Waals surface area contributed by atoms with E-state index in [9.17, 15) is 18.0 Å². The van der Waals surface area contributed by atoms with E-state index < -0.39 is 11.7 Å². The van der Waals surface area contributed by atoms with Crippen LogP contribution in [0.15, 0.2) is 18.5 Å². The molecule has 1 aliphatic rings. The van der Waals surface area contributed by atoms with Crippen LogP contribution in [0.1, 0.15) is 5.56 Å². The fourth-order valence-corrected chi connectivity index (χ4v) is 2.54. The van der Waals surface area contributed by atoms with Crippen LogP contribution in [0.25, 0.3) is 10.9 Å². The van der Waals surface area contributed by atoms with Gasteiger partial charge < -0.3 is 14.8 Å². The number of nitrogens with zero attached hydrogens (tertiary/aromatic N) is 3. The summed E-state index contributed by atoms with van der Waals surface area (Å²) in [5.74, 6) is 0.494. The molecule has 9 heteroatoms. The lowest BCUT2D eigenvalue weighted by molar-refractivity contribution is -0.136. The Kier molecular flexibility index (Phi) is 4.50. The number of anilines is 1. The van der Waals surface area contributed by atoms with E-state index in [1.165, 1.54) is 12.3 Å². The van der Waals surface area contributed by atoms with Crippen LogP contribution in [0.5, 0.6) is 0 Å². The number of nitrogens with one attached hydrogen (secondary N) is 1. The molecule has 120 valence electrons. The molecule has 2 aromatic heterocycles. The molecular weight excluding hydrogens is 321 g/mol. The molecule has 3 heterocycles. The summed E-state index contributed by atoms with van der Waals surface area (Å²) >= 11 is 0. The molecule has 0 aromatic carbocycles. The molecule has 5 nitrogen and oxygen atoms in total. The van der Waals surface area contributed by atoms with E-state index in [-0.39, 0.29) is 17.8 Å². The minimum Gasteiger partial charge on any atom is -0.358 e. The average Bonchev–Trinajstić information content (AvgIpc) is 2.94. The third-order valence-corrected chi connectivity index (χ3v) is 3.64. The summed E-state index contributed by atoms with van der Waals surface area (Å²) < 4.78 is 38.9. The van der Waals surface area contributed by atoms with Crippen LogP contribution in [0.4, 0.5) is 19.0 Å². The molecule has 0 saturated carbocycles. The summed E-state index contributed by atoms with van der Waals surface area (Å²) in [6.07, 6.45) is -1.30. The zero-order valence-corrected chi connectivity index (χ0v) is 12.2. The number of rotatable bonds is 2. The Balaban J connectivity index is 0.00000176. The van der Waals surface area contributed by atoms with Crippen molar-refractivity contribution in [1.29, 1.82) is 0 Å². The van der Waals surface area contributed by atoms with E-state index in [2.05, 4.69) is 9.97 Å². The quantitative estimate of drug-likeness (QED) is 0.857. The Hall–Kier alpha value is -1.96. The van der Waals surface area contributed by atoms with Gasteiger partial charge in [-0.1, -0.05) is 0 Å². The number of halogens is 4. The first-order chi connectivity index (χ1) is 10.0. The number of pyridine rings is 1. The summed E-state index contributed by atoms with van der Waals surface area (Å²) in [4.78, 5) is 21.0. The highest BCUT2D eigenvalue weighted by atomic mass is 35.5. The highest BCUT2D eigenvalue weighted by Crippen LogP contribution is 2.36. The number of carbonyl (C=O) groups excluding carboxylic acids is 1. The molecule has 0 radical (unpaired) electrons. The second-order valence-corrected chi connectivity index (χ2v) is 4.89. The lowest BCUT2D eigenvalue weighted by Gasteiger charge is -2.33. The van der Waals surface area contributed by atoms with Crippen LogP contribution in [-0.4, -0.2) is 47.5 Å². The second-order valence-electron chi connectivity index (χ2n) is 4.89. The Labute approximate surface area is 130 Å². The van der Waals surface area contributed by atoms with Crippen molar-refractivity contribution >= 4 is 35.5 Å². The molecule has 1 aliphatic heterocycles. The topological polar surface area (TPSA) is 52.2 Å². The Bertz CT molecular complexity index is 665. The standard InChI is InChI=1S/C13H13F3N4O.ClH/c14-13(15,16)10-7-18-12(11-9(10)1-2-17-11)20-5-3-19(8-21)4-6-20;/h1-2,7-8,17H,3-6H2;1H. The summed E-state index contributed by atoms with van der Waals surface area (Å²) in [5.41, 5.74) is -0.363. The highest BCUT2D eigenvalue weighted by Gasteiger charge is 2.34. The van der Waals surface area contributed by atoms with Gasteiger partial charge in [0.25, 0.3) is 0 Å². The third-order valence-electron chi connectivity index (χ3n) is 3.64. The van der Waals surface area contributed by atoms with Gasteiger partial charge in [0.05, 0.1) is 11.1 Å². The number of carbonyl (C=O) groups is 1. The third kappa shape index (κ3) is 2.83. The van der Waals surface area contributed by atoms with Gasteiger partial charge >= 0.3 is 6.18 Å². The molecule has 22 heavy (non-hydrogen) atoms. The number of aromatic amines is 1. The number of piperazine rings is 1. The van der Waals surface area contributed by atoms with E-state index in [4.69, 9.17) is 0 Å². The average molecular weight is 335 g/mol. The van der Waals surface area contributed by atoms with Crippen molar-refractivity contribution in [3.63, 3.8) is 0 Å². The summed E-state index contributed by atoms with van der Waals surface area (Å²) in [5, 5.41) is 0.116. The molecule has 0 aliphatic carbocycles. The lowest BCUT2D eigenvalue weighted by atomic mass is 10.1. The van der Waals surface area contributed by atoms with Gasteiger partial charge in [-0.15, -0.1) is 12.4 Å². The van der Waals surface area contributed by atoms with Crippen LogP contribution in [0, 0.1) is 0 Å². The van der Waals surface area contributed by atoms with Crippen molar-refractivity contribution in [2.75, 3.05) is 31.1 Å². The number of amides is 1. The van der Waals surface area contributed by atoms with E-state index in [1.54, 1.807) is 4.90 Å². The molecule has 1 saturated heterocycles. The van der Waals surface area contributed by atoms with Crippen LogP contribution >= 0.6 is 12.4 Å². The van der Waals surface area contributed by atoms with Gasteiger partial charge in [-0.3, -0.25) is 4.79 Å². The van der Waals surface area contributed by atoms with Crippen LogP contribution in [0.2, 0.25) is 0 Å². The number of alkyl halides is 3. The SMILES string of the molecule is Cl.O=CN1CCN(c2ncc(C(F)(F)F)c3cc[nH]c23)CC1. The van der Waals surface area contributed by atoms with Gasteiger partial charge in [-0.25, -0.2) is 4.98 Å². The summed E-state index contributed by atoms with van der Waals surface area (Å²) in [6, 6.07) is 1.41. The van der Waals surface area contributed by atoms with Crippen LogP contribution < -0.4 is 4.90 Å². The molecule has 0 bridgehead atoms. The zero-order valence-electron chi connectivity index (χ0n) is 11.4. The molecule has 3 rings (SSSR count). The maximum absolute atomic E-state index is 13.0. The van der Waals surface area contributed by atoms with Gasteiger partial charge in [0, 0.05) is 44.0 Å². The molecule has 0 spiro atoms. The van der Waals surface area contributed by atoms with Crippen molar-refractivity contribution in [2.24, 2.45) is 0 Å². The number of hydrogen-bond acceptors (Lipinski definition) is 3. The number of hydrogen-bond donors (Lipinski definition) is 1. The maximum Gasteiger partial charge on any atom is 0.418 e. The normalized spacial score (nSPS) is 15.8. The van der Waals surface area contributed by atoms with Gasteiger partial charge in [-0.2, -0.15) is 13.2 Å². The molecule has 1 N–H and O–H groups in total. The van der Waals surface area contributed by atoms with E-state index in [0.29, 0.717) is 37.5 Å². The molecular formula is C13H14ClF3N4O. The Morgan fingerprint density at radius 1 is 1.23 bits per heavy atom. The Morgan fingerprint density at radius 2 is 1.91 bits per heavy atom. The summed E-state index contributed by atoms with van der Waals surface area (Å²) in [6.45, 7) is 2.17. The second kappa shape index (κ2) is 6.04. The van der Waals surface area contributed by atoms with Crippen LogP contribution in [-0.2, 0) is 11.0 Å². The fraction of sp³-hybridized carbons (Fsp3) is 0.385. The monoisotopic (exact) mass is 334 g/mol. The Morgan fingerprint density at radius 3 is 2.50 bits per heavy atom. The lowest BCUT2D eigenvalue weighted by Crippen LogP contribution is -2.46. The van der Waals surface area contributed by atoms with Gasteiger partial charge in [0.2, 0.25) is 6.41 Å². The van der Waals surface area contributed by atoms with Crippen molar-refractivity contribution in [3.05, 3.63) is 24.0 Å². The maximum atomic E-state index is 13.0. The number of H-pyrrole nitrogens is 1. The van der Waals surface area contributed by atoms with Crippen molar-refractivity contribution < 1.29 is 18.0 Å². The first kappa shape index (κ1) is 16.4. The first-order valence-corrected chi connectivity index (χ1v) is 6.48. The number of aromatic nitrogens is 2. The van der Waals surface area contributed by atoms with E-state index in [1.807, 2.05) is 4.90 Å². The van der Waals surface area contributed by atoms with Gasteiger partial charge in [-0.05, 0) is 6.07 Å². The van der Waals surface area contributed by atoms with E-state index in [0.717, 1.165) is 12.6 Å². The minimum atomic E-state index is -4.43. The highest BCUT2D eigenvalue weighted by molar-refractivity contribution is 5.92. The first-order valence-electron chi connectivity index (χ1n) is 6.48. The van der Waals surface area contributed by atoms with Crippen molar-refractivity contribution in [3.8, 4) is 0 Å². The predicted octanol–water partition coefficient (Wildman–Crippen LogP) is 2.28. The smallest absolute Gasteiger partial charge is 0.358 e. The number of fused-ring (bicyclic) bond motifs is 1. The largest absolute Gasteiger partial charge is 0.418 e. The van der Waals surface area contributed by atoms with Crippen LogP contribution in [0.3, 0.4) is 0 Å². The molecule has 0 unspecified atom stereocenters. The van der Waals surface area contributed by atoms with Crippen molar-refractivity contribution in [1.82, 2.24) is 14.9 Å².